The number of nitrogens with one attached hydrogen (secondary N) is 1. The number of hydrogen-bond acceptors (Lipinski definition) is 4. The number of benzene rings is 2. The van der Waals surface area contributed by atoms with Crippen LogP contribution in [0.5, 0.6) is 0 Å². The summed E-state index contributed by atoms with van der Waals surface area (Å²) >= 11 is 0. The second-order valence-corrected chi connectivity index (χ2v) is 4.83. The van der Waals surface area contributed by atoms with Crippen LogP contribution in [0.4, 0.5) is 5.69 Å². The highest BCUT2D eigenvalue weighted by Gasteiger charge is 2.28. The van der Waals surface area contributed by atoms with Gasteiger partial charge in [0.2, 0.25) is 5.84 Å². The monoisotopic (exact) mass is 281 g/mol. The number of nitrogens with zero attached hydrogens (tertiary/aromatic N) is 2. The van der Waals surface area contributed by atoms with Gasteiger partial charge in [-0.1, -0.05) is 48.5 Å². The van der Waals surface area contributed by atoms with Crippen molar-refractivity contribution in [2.45, 2.75) is 6.04 Å². The Hall–Kier alpha value is -2.66. The molecule has 0 aromatic heterocycles. The van der Waals surface area contributed by atoms with Gasteiger partial charge in [0.15, 0.2) is 0 Å². The van der Waals surface area contributed by atoms with Gasteiger partial charge >= 0.3 is 0 Å². The summed E-state index contributed by atoms with van der Waals surface area (Å²) in [6.07, 6.45) is 0. The van der Waals surface area contributed by atoms with Crippen LogP contribution in [-0.4, -0.2) is 24.0 Å². The Balaban J connectivity index is 2.22. The number of anilines is 1. The molecular weight excluding hydrogens is 266 g/mol. The number of amidine groups is 1. The van der Waals surface area contributed by atoms with Crippen LogP contribution in [0.15, 0.2) is 59.6 Å². The summed E-state index contributed by atoms with van der Waals surface area (Å²) in [5.41, 5.74) is 4.58. The van der Waals surface area contributed by atoms with E-state index in [1.165, 1.54) is 4.90 Å². The van der Waals surface area contributed by atoms with E-state index < -0.39 is 0 Å². The quantitative estimate of drug-likeness (QED) is 0.787. The Morgan fingerprint density at radius 3 is 2.48 bits per heavy atom. The molecule has 2 aromatic rings. The molecule has 1 aliphatic rings. The van der Waals surface area contributed by atoms with Crippen LogP contribution in [0.25, 0.3) is 0 Å². The zero-order valence-corrected chi connectivity index (χ0v) is 11.5. The highest BCUT2D eigenvalue weighted by Crippen LogP contribution is 2.35. The van der Waals surface area contributed by atoms with Crippen LogP contribution in [0, 0.1) is 0 Å². The van der Waals surface area contributed by atoms with Gasteiger partial charge < -0.3 is 4.90 Å². The predicted molar refractivity (Wildman–Crippen MR) is 80.5 cm³/mol. The number of hydroxylamine groups is 1. The molecule has 1 heterocycles. The average molecular weight is 281 g/mol. The summed E-state index contributed by atoms with van der Waals surface area (Å²) in [5, 5.41) is 9.22. The second-order valence-electron chi connectivity index (χ2n) is 4.83. The van der Waals surface area contributed by atoms with Crippen molar-refractivity contribution in [3.63, 3.8) is 0 Å². The van der Waals surface area contributed by atoms with E-state index in [2.05, 4.69) is 4.99 Å². The molecule has 0 fully saturated rings. The van der Waals surface area contributed by atoms with E-state index in [0.717, 1.165) is 16.8 Å². The third-order valence-corrected chi connectivity index (χ3v) is 3.58. The zero-order chi connectivity index (χ0) is 14.8. The molecule has 5 nitrogen and oxygen atoms in total. The van der Waals surface area contributed by atoms with Crippen molar-refractivity contribution < 1.29 is 10.0 Å². The van der Waals surface area contributed by atoms with Crippen LogP contribution in [0.3, 0.4) is 0 Å². The third kappa shape index (κ3) is 2.28. The van der Waals surface area contributed by atoms with Gasteiger partial charge in [0.05, 0.1) is 0 Å². The van der Waals surface area contributed by atoms with Crippen LogP contribution in [0.2, 0.25) is 0 Å². The van der Waals surface area contributed by atoms with Crippen molar-refractivity contribution >= 4 is 17.4 Å². The molecule has 1 amide bonds. The van der Waals surface area contributed by atoms with Crippen molar-refractivity contribution in [1.82, 2.24) is 5.48 Å². The minimum absolute atomic E-state index is 0.0671. The first kappa shape index (κ1) is 13.3. The summed E-state index contributed by atoms with van der Waals surface area (Å²) in [6, 6.07) is 17.0. The summed E-state index contributed by atoms with van der Waals surface area (Å²) in [7, 11) is 1.67. The van der Waals surface area contributed by atoms with Gasteiger partial charge in [0, 0.05) is 18.3 Å². The summed E-state index contributed by atoms with van der Waals surface area (Å²) < 4.78 is 0. The van der Waals surface area contributed by atoms with Gasteiger partial charge in [-0.15, -0.1) is 0 Å². The van der Waals surface area contributed by atoms with Crippen LogP contribution in [0.1, 0.15) is 17.2 Å². The number of fused-ring (bicyclic) bond motifs is 1. The molecule has 1 aliphatic heterocycles. The number of likely N-dealkylation sites (N-methyl/N-ethyl adjacent to an activating group) is 1. The van der Waals surface area contributed by atoms with Gasteiger partial charge in [-0.05, 0) is 11.6 Å². The zero-order valence-electron chi connectivity index (χ0n) is 11.5. The van der Waals surface area contributed by atoms with Crippen LogP contribution in [-0.2, 0) is 4.79 Å². The number of carbonyl (C=O) groups is 1. The largest absolute Gasteiger partial charge is 0.308 e. The molecule has 1 atom stereocenters. The highest BCUT2D eigenvalue weighted by molar-refractivity contribution is 6.42. The van der Waals surface area contributed by atoms with Crippen molar-refractivity contribution in [2.75, 3.05) is 11.9 Å². The Labute approximate surface area is 122 Å². The second kappa shape index (κ2) is 5.38. The molecule has 3 rings (SSSR count). The fourth-order valence-electron chi connectivity index (χ4n) is 2.51. The molecule has 0 bridgehead atoms. The van der Waals surface area contributed by atoms with E-state index in [-0.39, 0.29) is 17.8 Å². The van der Waals surface area contributed by atoms with E-state index in [1.54, 1.807) is 7.05 Å². The van der Waals surface area contributed by atoms with Crippen molar-refractivity contribution in [3.8, 4) is 0 Å². The maximum atomic E-state index is 12.3. The van der Waals surface area contributed by atoms with Gasteiger partial charge in [0.25, 0.3) is 5.91 Å². The van der Waals surface area contributed by atoms with E-state index in [4.69, 9.17) is 0 Å². The Kier molecular flexibility index (Phi) is 3.41. The summed E-state index contributed by atoms with van der Waals surface area (Å²) in [5.74, 6) is -0.439. The third-order valence-electron chi connectivity index (χ3n) is 3.58. The molecular formula is C16H15N3O2. The topological polar surface area (TPSA) is 64.9 Å². The van der Waals surface area contributed by atoms with Crippen molar-refractivity contribution in [2.24, 2.45) is 4.99 Å². The smallest absolute Gasteiger partial charge is 0.295 e. The normalized spacial score (nSPS) is 17.8. The van der Waals surface area contributed by atoms with Crippen molar-refractivity contribution in [3.05, 3.63) is 65.7 Å². The standard InChI is InChI=1S/C16H15N3O2/c1-19-13-10-6-5-9-12(13)14(11-7-3-2-4-8-11)17-15(18-21)16(19)20/h2-10,14,21H,1H3,(H,17,18). The maximum Gasteiger partial charge on any atom is 0.295 e. The SMILES string of the molecule is CN1C(=O)C(NO)=NC(c2ccccc2)c2ccccc21. The highest BCUT2D eigenvalue weighted by atomic mass is 16.5. The van der Waals surface area contributed by atoms with Gasteiger partial charge in [-0.25, -0.2) is 10.5 Å². The molecule has 0 saturated carbocycles. The fourth-order valence-corrected chi connectivity index (χ4v) is 2.51. The van der Waals surface area contributed by atoms with Crippen molar-refractivity contribution in [1.29, 1.82) is 0 Å². The molecule has 0 radical (unpaired) electrons. The number of hydrogen-bond donors (Lipinski definition) is 2. The average Bonchev–Trinajstić information content (AvgIpc) is 2.65. The lowest BCUT2D eigenvalue weighted by atomic mass is 9.97. The molecule has 2 aromatic carbocycles. The van der Waals surface area contributed by atoms with Gasteiger partial charge in [-0.3, -0.25) is 10.0 Å². The van der Waals surface area contributed by atoms with E-state index in [1.807, 2.05) is 60.1 Å². The lowest BCUT2D eigenvalue weighted by Crippen LogP contribution is -2.39. The first-order valence-corrected chi connectivity index (χ1v) is 6.62. The minimum atomic E-state index is -0.372. The number of aliphatic imine (C=N–C) groups is 1. The lowest BCUT2D eigenvalue weighted by Gasteiger charge is -2.19. The van der Waals surface area contributed by atoms with E-state index in [9.17, 15) is 10.0 Å². The molecule has 5 heteroatoms. The Morgan fingerprint density at radius 1 is 1.10 bits per heavy atom. The van der Waals surface area contributed by atoms with E-state index >= 15 is 0 Å². The minimum Gasteiger partial charge on any atom is -0.308 e. The number of rotatable bonds is 1. The van der Waals surface area contributed by atoms with Gasteiger partial charge in [-0.2, -0.15) is 0 Å². The molecule has 106 valence electrons. The molecule has 0 aliphatic carbocycles. The molecule has 1 unspecified atom stereocenters. The lowest BCUT2D eigenvalue weighted by molar-refractivity contribution is -0.112. The van der Waals surface area contributed by atoms with Crippen LogP contribution < -0.4 is 10.4 Å². The molecule has 0 spiro atoms. The first-order chi connectivity index (χ1) is 10.2. The number of amides is 1. The Morgan fingerprint density at radius 2 is 1.76 bits per heavy atom. The molecule has 21 heavy (non-hydrogen) atoms. The molecule has 0 saturated heterocycles. The number of carbonyl (C=O) groups excluding carboxylic acids is 1. The van der Waals surface area contributed by atoms with Crippen LogP contribution >= 0.6 is 0 Å². The fraction of sp³-hybridized carbons (Fsp3) is 0.125. The number of para-hydroxylation sites is 1. The predicted octanol–water partition coefficient (Wildman–Crippen LogP) is 2.13. The Bertz CT molecular complexity index is 698. The molecule has 2 N–H and O–H groups in total. The summed E-state index contributed by atoms with van der Waals surface area (Å²) in [6.45, 7) is 0. The van der Waals surface area contributed by atoms with E-state index in [0.29, 0.717) is 0 Å². The first-order valence-electron chi connectivity index (χ1n) is 6.62. The summed E-state index contributed by atoms with van der Waals surface area (Å²) in [4.78, 5) is 18.2. The maximum absolute atomic E-state index is 12.3. The van der Waals surface area contributed by atoms with Gasteiger partial charge in [0.1, 0.15) is 6.04 Å².